The van der Waals surface area contributed by atoms with Gasteiger partial charge in [0, 0.05) is 5.56 Å². The Morgan fingerprint density at radius 3 is 2.50 bits per heavy atom. The van der Waals surface area contributed by atoms with Crippen LogP contribution < -0.4 is 0 Å². The lowest BCUT2D eigenvalue weighted by atomic mass is 10.0. The number of ketones is 1. The summed E-state index contributed by atoms with van der Waals surface area (Å²) >= 11 is 5.44. The van der Waals surface area contributed by atoms with Crippen LogP contribution >= 0.6 is 11.6 Å². The predicted molar refractivity (Wildman–Crippen MR) is 66.0 cm³/mol. The highest BCUT2D eigenvalue weighted by Crippen LogP contribution is 2.21. The molecule has 0 aliphatic heterocycles. The summed E-state index contributed by atoms with van der Waals surface area (Å²) < 4.78 is 26.9. The maximum Gasteiger partial charge on any atom is 0.196 e. The van der Waals surface area contributed by atoms with E-state index in [1.54, 1.807) is 18.2 Å². The molecule has 0 unspecified atom stereocenters. The van der Waals surface area contributed by atoms with Crippen LogP contribution in [0.5, 0.6) is 0 Å². The average Bonchev–Trinajstić information content (AvgIpc) is 2.33. The van der Waals surface area contributed by atoms with Gasteiger partial charge in [0.05, 0.1) is 10.6 Å². The molecule has 0 fully saturated rings. The summed E-state index contributed by atoms with van der Waals surface area (Å²) in [6.07, 6.45) is 0. The van der Waals surface area contributed by atoms with Gasteiger partial charge in [0.2, 0.25) is 0 Å². The fourth-order valence-corrected chi connectivity index (χ4v) is 1.79. The molecule has 92 valence electrons. The van der Waals surface area contributed by atoms with E-state index in [1.807, 2.05) is 13.0 Å². The molecule has 0 saturated carbocycles. The standard InChI is InChI=1S/C14H9ClF2O/c1-8-3-2-4-9(5-8)14(18)10-6-13(17)11(15)7-12(10)16/h2-7H,1H3. The molecule has 2 aromatic carbocycles. The number of halogens is 3. The van der Waals surface area contributed by atoms with E-state index in [1.165, 1.54) is 0 Å². The molecule has 0 radical (unpaired) electrons. The topological polar surface area (TPSA) is 17.1 Å². The molecule has 18 heavy (non-hydrogen) atoms. The smallest absolute Gasteiger partial charge is 0.196 e. The van der Waals surface area contributed by atoms with Crippen molar-refractivity contribution in [1.82, 2.24) is 0 Å². The fraction of sp³-hybridized carbons (Fsp3) is 0.0714. The van der Waals surface area contributed by atoms with Crippen LogP contribution in [0.15, 0.2) is 36.4 Å². The molecule has 0 aromatic heterocycles. The Kier molecular flexibility index (Phi) is 3.43. The molecule has 1 nitrogen and oxygen atoms in total. The van der Waals surface area contributed by atoms with E-state index in [2.05, 4.69) is 0 Å². The lowest BCUT2D eigenvalue weighted by molar-refractivity contribution is 0.103. The zero-order chi connectivity index (χ0) is 13.3. The molecule has 0 aliphatic rings. The van der Waals surface area contributed by atoms with Gasteiger partial charge in [0.1, 0.15) is 11.6 Å². The molecule has 0 bridgehead atoms. The van der Waals surface area contributed by atoms with Crippen molar-refractivity contribution in [3.05, 3.63) is 69.7 Å². The number of carbonyl (C=O) groups excluding carboxylic acids is 1. The number of aryl methyl sites for hydroxylation is 1. The van der Waals surface area contributed by atoms with Crippen molar-refractivity contribution in [2.45, 2.75) is 6.92 Å². The van der Waals surface area contributed by atoms with Crippen molar-refractivity contribution in [2.75, 3.05) is 0 Å². The normalized spacial score (nSPS) is 10.4. The van der Waals surface area contributed by atoms with Gasteiger partial charge < -0.3 is 0 Å². The maximum atomic E-state index is 13.6. The van der Waals surface area contributed by atoms with Gasteiger partial charge in [0.25, 0.3) is 0 Å². The van der Waals surface area contributed by atoms with E-state index in [9.17, 15) is 13.6 Å². The summed E-state index contributed by atoms with van der Waals surface area (Å²) in [5.41, 5.74) is 0.869. The molecule has 2 aromatic rings. The fourth-order valence-electron chi connectivity index (χ4n) is 1.64. The SMILES string of the molecule is Cc1cccc(C(=O)c2cc(F)c(Cl)cc2F)c1. The number of rotatable bonds is 2. The van der Waals surface area contributed by atoms with Crippen LogP contribution in [0.4, 0.5) is 8.78 Å². The molecular formula is C14H9ClF2O. The number of hydrogen-bond donors (Lipinski definition) is 0. The number of hydrogen-bond acceptors (Lipinski definition) is 1. The third-order valence-corrected chi connectivity index (χ3v) is 2.82. The lowest BCUT2D eigenvalue weighted by Crippen LogP contribution is -2.05. The second kappa shape index (κ2) is 4.86. The van der Waals surface area contributed by atoms with Crippen molar-refractivity contribution < 1.29 is 13.6 Å². The van der Waals surface area contributed by atoms with E-state index >= 15 is 0 Å². The van der Waals surface area contributed by atoms with Gasteiger partial charge >= 0.3 is 0 Å². The number of benzene rings is 2. The molecule has 0 aliphatic carbocycles. The zero-order valence-corrected chi connectivity index (χ0v) is 10.3. The maximum absolute atomic E-state index is 13.6. The Hall–Kier alpha value is -1.74. The van der Waals surface area contributed by atoms with Gasteiger partial charge in [-0.25, -0.2) is 8.78 Å². The quantitative estimate of drug-likeness (QED) is 0.589. The van der Waals surface area contributed by atoms with Crippen LogP contribution in [0.3, 0.4) is 0 Å². The molecule has 0 atom stereocenters. The summed E-state index contributed by atoms with van der Waals surface area (Å²) in [6, 6.07) is 8.31. The minimum atomic E-state index is -0.826. The first-order valence-electron chi connectivity index (χ1n) is 5.25. The first-order chi connectivity index (χ1) is 8.49. The summed E-state index contributed by atoms with van der Waals surface area (Å²) in [4.78, 5) is 12.0. The first-order valence-corrected chi connectivity index (χ1v) is 5.63. The van der Waals surface area contributed by atoms with E-state index in [-0.39, 0.29) is 10.6 Å². The van der Waals surface area contributed by atoms with Crippen LogP contribution in [-0.4, -0.2) is 5.78 Å². The molecule has 0 saturated heterocycles. The van der Waals surface area contributed by atoms with E-state index < -0.39 is 17.4 Å². The van der Waals surface area contributed by atoms with E-state index in [0.717, 1.165) is 17.7 Å². The van der Waals surface area contributed by atoms with E-state index in [0.29, 0.717) is 5.56 Å². The minimum absolute atomic E-state index is 0.315. The van der Waals surface area contributed by atoms with Gasteiger partial charge in [-0.2, -0.15) is 0 Å². The highest BCUT2D eigenvalue weighted by atomic mass is 35.5. The third-order valence-electron chi connectivity index (χ3n) is 2.53. The van der Waals surface area contributed by atoms with Gasteiger partial charge in [0.15, 0.2) is 5.78 Å². The Labute approximate surface area is 108 Å². The highest BCUT2D eigenvalue weighted by molar-refractivity contribution is 6.30. The highest BCUT2D eigenvalue weighted by Gasteiger charge is 2.17. The van der Waals surface area contributed by atoms with Crippen molar-refractivity contribution in [1.29, 1.82) is 0 Å². The van der Waals surface area contributed by atoms with Gasteiger partial charge in [-0.15, -0.1) is 0 Å². The minimum Gasteiger partial charge on any atom is -0.288 e. The number of carbonyl (C=O) groups is 1. The van der Waals surface area contributed by atoms with Gasteiger partial charge in [-0.1, -0.05) is 35.4 Å². The van der Waals surface area contributed by atoms with Crippen molar-refractivity contribution >= 4 is 17.4 Å². The van der Waals surface area contributed by atoms with Crippen LogP contribution in [0, 0.1) is 18.6 Å². The molecule has 4 heteroatoms. The molecule has 0 heterocycles. The summed E-state index contributed by atoms with van der Waals surface area (Å²) in [5, 5.41) is -0.340. The van der Waals surface area contributed by atoms with Crippen LogP contribution in [0.25, 0.3) is 0 Å². The second-order valence-corrected chi connectivity index (χ2v) is 4.35. The van der Waals surface area contributed by atoms with Crippen molar-refractivity contribution in [3.8, 4) is 0 Å². The summed E-state index contributed by atoms with van der Waals surface area (Å²) in [5.74, 6) is -2.20. The molecular weight excluding hydrogens is 258 g/mol. The molecule has 2 rings (SSSR count). The monoisotopic (exact) mass is 266 g/mol. The zero-order valence-electron chi connectivity index (χ0n) is 9.51. The third kappa shape index (κ3) is 2.41. The van der Waals surface area contributed by atoms with Gasteiger partial charge in [-0.05, 0) is 25.1 Å². The molecule has 0 N–H and O–H groups in total. The van der Waals surface area contributed by atoms with Crippen LogP contribution in [-0.2, 0) is 0 Å². The Bertz CT molecular complexity index is 623. The van der Waals surface area contributed by atoms with Crippen LogP contribution in [0.1, 0.15) is 21.5 Å². The Morgan fingerprint density at radius 2 is 1.83 bits per heavy atom. The summed E-state index contributed by atoms with van der Waals surface area (Å²) in [6.45, 7) is 1.82. The summed E-state index contributed by atoms with van der Waals surface area (Å²) in [7, 11) is 0. The Morgan fingerprint density at radius 1 is 1.11 bits per heavy atom. The molecule has 0 amide bonds. The van der Waals surface area contributed by atoms with Crippen molar-refractivity contribution in [2.24, 2.45) is 0 Å². The van der Waals surface area contributed by atoms with Crippen molar-refractivity contribution in [3.63, 3.8) is 0 Å². The predicted octanol–water partition coefficient (Wildman–Crippen LogP) is 4.16. The molecule has 0 spiro atoms. The average molecular weight is 267 g/mol. The second-order valence-electron chi connectivity index (χ2n) is 3.94. The van der Waals surface area contributed by atoms with Gasteiger partial charge in [-0.3, -0.25) is 4.79 Å². The lowest BCUT2D eigenvalue weighted by Gasteiger charge is -2.05. The first kappa shape index (κ1) is 12.7. The van der Waals surface area contributed by atoms with E-state index in [4.69, 9.17) is 11.6 Å². The van der Waals surface area contributed by atoms with Crippen LogP contribution in [0.2, 0.25) is 5.02 Å². The Balaban J connectivity index is 2.49. The largest absolute Gasteiger partial charge is 0.288 e.